The number of nitrogens with zero attached hydrogens (tertiary/aromatic N) is 1. The Kier molecular flexibility index (Phi) is 3.50. The lowest BCUT2D eigenvalue weighted by molar-refractivity contribution is 0.0697. The highest BCUT2D eigenvalue weighted by Gasteiger charge is 2.31. The maximum absolute atomic E-state index is 12.6. The lowest BCUT2D eigenvalue weighted by Crippen LogP contribution is -2.46. The third-order valence-electron chi connectivity index (χ3n) is 4.18. The van der Waals surface area contributed by atoms with Gasteiger partial charge in [0.05, 0.1) is 16.8 Å². The van der Waals surface area contributed by atoms with Gasteiger partial charge in [-0.2, -0.15) is 0 Å². The molecule has 6 nitrogen and oxygen atoms in total. The second kappa shape index (κ2) is 5.83. The number of rotatable bonds is 3. The smallest absolute Gasteiger partial charge is 0.337 e. The maximum atomic E-state index is 12.6. The Bertz CT molecular complexity index is 933. The van der Waals surface area contributed by atoms with Crippen molar-refractivity contribution in [3.05, 3.63) is 83.7 Å². The van der Waals surface area contributed by atoms with Crippen molar-refractivity contribution >= 4 is 23.3 Å². The number of benzene rings is 2. The van der Waals surface area contributed by atoms with E-state index in [9.17, 15) is 14.7 Å². The Morgan fingerprint density at radius 2 is 1.88 bits per heavy atom. The van der Waals surface area contributed by atoms with Crippen LogP contribution in [0.15, 0.2) is 72.6 Å². The van der Waals surface area contributed by atoms with Gasteiger partial charge < -0.3 is 15.7 Å². The number of allylic oxidation sites excluding steroid dienone is 1. The Morgan fingerprint density at radius 3 is 2.72 bits per heavy atom. The molecule has 0 aliphatic carbocycles. The van der Waals surface area contributed by atoms with Gasteiger partial charge in [0.25, 0.3) is 5.91 Å². The zero-order valence-corrected chi connectivity index (χ0v) is 13.1. The van der Waals surface area contributed by atoms with Gasteiger partial charge >= 0.3 is 5.97 Å². The molecule has 1 atom stereocenters. The normalized spacial score (nSPS) is 17.9. The molecule has 2 aliphatic heterocycles. The van der Waals surface area contributed by atoms with E-state index >= 15 is 0 Å². The minimum atomic E-state index is -0.995. The average molecular weight is 333 g/mol. The van der Waals surface area contributed by atoms with Gasteiger partial charge in [-0.15, -0.1) is 0 Å². The number of carboxylic acid groups (broad SMARTS) is 1. The second-order valence-electron chi connectivity index (χ2n) is 5.76. The van der Waals surface area contributed by atoms with E-state index in [1.807, 2.05) is 24.3 Å². The molecule has 0 radical (unpaired) electrons. The summed E-state index contributed by atoms with van der Waals surface area (Å²) in [6, 6.07) is 14.1. The molecular formula is C19H15N3O3. The quantitative estimate of drug-likeness (QED) is 0.804. The predicted molar refractivity (Wildman–Crippen MR) is 94.3 cm³/mol. The molecule has 1 amide bonds. The Hall–Kier alpha value is -3.54. The van der Waals surface area contributed by atoms with E-state index in [1.165, 1.54) is 0 Å². The van der Waals surface area contributed by atoms with Gasteiger partial charge in [0.15, 0.2) is 0 Å². The number of para-hydroxylation sites is 2. The van der Waals surface area contributed by atoms with Crippen molar-refractivity contribution in [2.75, 3.05) is 10.6 Å². The third kappa shape index (κ3) is 2.63. The molecule has 0 fully saturated rings. The summed E-state index contributed by atoms with van der Waals surface area (Å²) >= 11 is 0. The molecule has 2 aliphatic rings. The minimum Gasteiger partial charge on any atom is -0.478 e. The van der Waals surface area contributed by atoms with E-state index in [2.05, 4.69) is 10.6 Å². The van der Waals surface area contributed by atoms with Gasteiger partial charge in [0, 0.05) is 17.6 Å². The van der Waals surface area contributed by atoms with Crippen LogP contribution in [0.5, 0.6) is 0 Å². The van der Waals surface area contributed by atoms with Crippen LogP contribution >= 0.6 is 0 Å². The van der Waals surface area contributed by atoms with Gasteiger partial charge in [0.2, 0.25) is 0 Å². The highest BCUT2D eigenvalue weighted by Crippen LogP contribution is 2.29. The number of hydrogen-bond acceptors (Lipinski definition) is 4. The van der Waals surface area contributed by atoms with E-state index in [1.54, 1.807) is 47.5 Å². The van der Waals surface area contributed by atoms with Crippen LogP contribution in [0, 0.1) is 0 Å². The number of hydrogen-bond donors (Lipinski definition) is 3. The van der Waals surface area contributed by atoms with Crippen LogP contribution in [-0.2, 0) is 0 Å². The number of anilines is 2. The summed E-state index contributed by atoms with van der Waals surface area (Å²) in [5, 5.41) is 15.7. The van der Waals surface area contributed by atoms with Crippen LogP contribution in [-0.4, -0.2) is 28.0 Å². The third-order valence-corrected chi connectivity index (χ3v) is 4.18. The van der Waals surface area contributed by atoms with Crippen LogP contribution in [0.4, 0.5) is 11.4 Å². The standard InChI is InChI=1S/C19H15N3O3/c23-18-13-5-1-3-7-15(13)21-17-11-12(9-10-22(17)18)20-16-8-4-2-6-14(16)19(24)25/h1-11,17,20-21H,(H,24,25)/t17-/m0/s1. The fraction of sp³-hybridized carbons (Fsp3) is 0.0526. The molecule has 0 saturated carbocycles. The van der Waals surface area contributed by atoms with Crippen molar-refractivity contribution in [3.63, 3.8) is 0 Å². The van der Waals surface area contributed by atoms with Crippen LogP contribution in [0.25, 0.3) is 0 Å². The first-order chi connectivity index (χ1) is 12.1. The summed E-state index contributed by atoms with van der Waals surface area (Å²) in [5.41, 5.74) is 2.82. The van der Waals surface area contributed by atoms with Gasteiger partial charge in [-0.05, 0) is 36.4 Å². The number of carboxylic acids is 1. The highest BCUT2D eigenvalue weighted by atomic mass is 16.4. The highest BCUT2D eigenvalue weighted by molar-refractivity contribution is 6.02. The van der Waals surface area contributed by atoms with Crippen LogP contribution < -0.4 is 10.6 Å². The SMILES string of the molecule is O=C(O)c1ccccc1NC1=C[C@H]2Nc3ccccc3C(=O)N2C=C1. The van der Waals surface area contributed by atoms with Crippen LogP contribution in [0.2, 0.25) is 0 Å². The first-order valence-corrected chi connectivity index (χ1v) is 7.81. The maximum Gasteiger partial charge on any atom is 0.337 e. The van der Waals surface area contributed by atoms with Crippen molar-refractivity contribution < 1.29 is 14.7 Å². The zero-order valence-electron chi connectivity index (χ0n) is 13.1. The Balaban J connectivity index is 1.63. The van der Waals surface area contributed by atoms with Crippen molar-refractivity contribution in [3.8, 4) is 0 Å². The van der Waals surface area contributed by atoms with E-state index in [-0.39, 0.29) is 17.6 Å². The number of nitrogens with one attached hydrogen (secondary N) is 2. The Labute approximate surface area is 144 Å². The summed E-state index contributed by atoms with van der Waals surface area (Å²) in [5.74, 6) is -1.07. The summed E-state index contributed by atoms with van der Waals surface area (Å²) in [4.78, 5) is 25.5. The molecule has 2 aromatic carbocycles. The topological polar surface area (TPSA) is 81.7 Å². The van der Waals surface area contributed by atoms with E-state index in [0.717, 1.165) is 11.4 Å². The minimum absolute atomic E-state index is 0.0724. The molecule has 2 heterocycles. The molecule has 25 heavy (non-hydrogen) atoms. The number of aromatic carboxylic acids is 1. The van der Waals surface area contributed by atoms with Crippen LogP contribution in [0.1, 0.15) is 20.7 Å². The van der Waals surface area contributed by atoms with Gasteiger partial charge in [-0.25, -0.2) is 4.79 Å². The molecule has 0 bridgehead atoms. The molecule has 124 valence electrons. The monoisotopic (exact) mass is 333 g/mol. The number of carbonyl (C=O) groups is 2. The molecular weight excluding hydrogens is 318 g/mol. The largest absolute Gasteiger partial charge is 0.478 e. The molecule has 6 heteroatoms. The van der Waals surface area contributed by atoms with Gasteiger partial charge in [0.1, 0.15) is 6.17 Å². The van der Waals surface area contributed by atoms with Gasteiger partial charge in [-0.3, -0.25) is 9.69 Å². The average Bonchev–Trinajstić information content (AvgIpc) is 2.62. The first-order valence-electron chi connectivity index (χ1n) is 7.81. The van der Waals surface area contributed by atoms with Crippen molar-refractivity contribution in [1.82, 2.24) is 4.90 Å². The van der Waals surface area contributed by atoms with Crippen molar-refractivity contribution in [2.24, 2.45) is 0 Å². The molecule has 0 saturated heterocycles. The molecule has 4 rings (SSSR count). The second-order valence-corrected chi connectivity index (χ2v) is 5.76. The summed E-state index contributed by atoms with van der Waals surface area (Å²) in [6.07, 6.45) is 4.98. The fourth-order valence-electron chi connectivity index (χ4n) is 2.98. The summed E-state index contributed by atoms with van der Waals surface area (Å²) < 4.78 is 0. The Morgan fingerprint density at radius 1 is 1.12 bits per heavy atom. The summed E-state index contributed by atoms with van der Waals surface area (Å²) in [7, 11) is 0. The molecule has 0 unspecified atom stereocenters. The van der Waals surface area contributed by atoms with Gasteiger partial charge in [-0.1, -0.05) is 24.3 Å². The molecule has 2 aromatic rings. The molecule has 0 spiro atoms. The summed E-state index contributed by atoms with van der Waals surface area (Å²) in [6.45, 7) is 0. The van der Waals surface area contributed by atoms with E-state index in [4.69, 9.17) is 0 Å². The fourth-order valence-corrected chi connectivity index (χ4v) is 2.98. The molecule has 0 aromatic heterocycles. The number of amides is 1. The van der Waals surface area contributed by atoms with E-state index in [0.29, 0.717) is 11.3 Å². The van der Waals surface area contributed by atoms with E-state index < -0.39 is 5.97 Å². The van der Waals surface area contributed by atoms with Crippen molar-refractivity contribution in [1.29, 1.82) is 0 Å². The number of carbonyl (C=O) groups excluding carboxylic acids is 1. The molecule has 3 N–H and O–H groups in total. The van der Waals surface area contributed by atoms with Crippen molar-refractivity contribution in [2.45, 2.75) is 6.17 Å². The lowest BCUT2D eigenvalue weighted by Gasteiger charge is -2.36. The number of fused-ring (bicyclic) bond motifs is 2. The van der Waals surface area contributed by atoms with Crippen LogP contribution in [0.3, 0.4) is 0 Å². The predicted octanol–water partition coefficient (Wildman–Crippen LogP) is 3.10. The zero-order chi connectivity index (χ0) is 17.4. The lowest BCUT2D eigenvalue weighted by atomic mass is 10.1. The first kappa shape index (κ1) is 15.0.